The van der Waals surface area contributed by atoms with Gasteiger partial charge in [-0.3, -0.25) is 0 Å². The van der Waals surface area contributed by atoms with Crippen molar-refractivity contribution in [2.75, 3.05) is 6.54 Å². The van der Waals surface area contributed by atoms with Gasteiger partial charge in [0.2, 0.25) is 0 Å². The minimum Gasteiger partial charge on any atom is -0.311 e. The van der Waals surface area contributed by atoms with Crippen LogP contribution in [0, 0.1) is 12.7 Å². The van der Waals surface area contributed by atoms with Crippen LogP contribution in [0.5, 0.6) is 0 Å². The average Bonchev–Trinajstić information content (AvgIpc) is 2.81. The molecule has 0 aliphatic heterocycles. The highest BCUT2D eigenvalue weighted by molar-refractivity contribution is 5.37. The molecule has 0 aliphatic carbocycles. The van der Waals surface area contributed by atoms with Crippen molar-refractivity contribution < 1.29 is 4.39 Å². The Morgan fingerprint density at radius 2 is 2.22 bits per heavy atom. The van der Waals surface area contributed by atoms with Crippen molar-refractivity contribution >= 4 is 0 Å². The second-order valence-electron chi connectivity index (χ2n) is 4.27. The molecule has 2 aromatic rings. The van der Waals surface area contributed by atoms with E-state index in [1.54, 1.807) is 23.0 Å². The zero-order valence-electron chi connectivity index (χ0n) is 10.7. The Kier molecular flexibility index (Phi) is 4.04. The minimum absolute atomic E-state index is 0.289. The molecule has 0 unspecified atom stereocenters. The third kappa shape index (κ3) is 2.73. The van der Waals surface area contributed by atoms with Gasteiger partial charge in [-0.05, 0) is 37.6 Å². The van der Waals surface area contributed by atoms with Crippen LogP contribution in [-0.4, -0.2) is 21.5 Å². The molecule has 18 heavy (non-hydrogen) atoms. The van der Waals surface area contributed by atoms with Gasteiger partial charge in [-0.15, -0.1) is 5.10 Å². The summed E-state index contributed by atoms with van der Waals surface area (Å²) >= 11 is 0. The van der Waals surface area contributed by atoms with E-state index in [-0.39, 0.29) is 5.82 Å². The number of nitrogens with zero attached hydrogens (tertiary/aromatic N) is 3. The Morgan fingerprint density at radius 1 is 1.39 bits per heavy atom. The molecule has 1 aromatic heterocycles. The lowest BCUT2D eigenvalue weighted by Crippen LogP contribution is -2.17. The molecule has 96 valence electrons. The molecule has 0 amide bonds. The lowest BCUT2D eigenvalue weighted by atomic mass is 10.2. The molecule has 1 aromatic carbocycles. The topological polar surface area (TPSA) is 42.7 Å². The van der Waals surface area contributed by atoms with Crippen molar-refractivity contribution in [1.82, 2.24) is 20.3 Å². The van der Waals surface area contributed by atoms with E-state index in [1.807, 2.05) is 6.92 Å². The molecular formula is C13H17FN4. The fraction of sp³-hybridized carbons (Fsp3) is 0.385. The number of halogens is 1. The van der Waals surface area contributed by atoms with Crippen LogP contribution in [0.3, 0.4) is 0 Å². The predicted octanol–water partition coefficient (Wildman–Crippen LogP) is 2.21. The molecule has 4 nitrogen and oxygen atoms in total. The number of rotatable bonds is 5. The summed E-state index contributed by atoms with van der Waals surface area (Å²) in [6.45, 7) is 5.58. The maximum Gasteiger partial charge on any atom is 0.148 e. The number of aryl methyl sites for hydroxylation is 1. The van der Waals surface area contributed by atoms with Gasteiger partial charge in [-0.1, -0.05) is 18.2 Å². The third-order valence-corrected chi connectivity index (χ3v) is 2.68. The fourth-order valence-electron chi connectivity index (χ4n) is 1.76. The molecule has 0 aliphatic rings. The monoisotopic (exact) mass is 248 g/mol. The van der Waals surface area contributed by atoms with E-state index in [9.17, 15) is 4.39 Å². The summed E-state index contributed by atoms with van der Waals surface area (Å²) in [6.07, 6.45) is 2.71. The van der Waals surface area contributed by atoms with Gasteiger partial charge in [0.25, 0.3) is 0 Å². The van der Waals surface area contributed by atoms with E-state index in [2.05, 4.69) is 22.6 Å². The average molecular weight is 248 g/mol. The van der Waals surface area contributed by atoms with E-state index in [0.717, 1.165) is 24.2 Å². The first-order chi connectivity index (χ1) is 8.72. The first kappa shape index (κ1) is 12.7. The summed E-state index contributed by atoms with van der Waals surface area (Å²) in [5.74, 6) is -0.289. The lowest BCUT2D eigenvalue weighted by Gasteiger charge is -2.08. The highest BCUT2D eigenvalue weighted by atomic mass is 19.1. The third-order valence-electron chi connectivity index (χ3n) is 2.68. The zero-order chi connectivity index (χ0) is 13.0. The van der Waals surface area contributed by atoms with Gasteiger partial charge >= 0.3 is 0 Å². The molecule has 5 heteroatoms. The van der Waals surface area contributed by atoms with Crippen molar-refractivity contribution in [1.29, 1.82) is 0 Å². The first-order valence-corrected chi connectivity index (χ1v) is 6.09. The Labute approximate surface area is 106 Å². The SMILES string of the molecule is CCCNCc1cnnn1-c1cc(C)ccc1F. The van der Waals surface area contributed by atoms with Crippen molar-refractivity contribution in [3.63, 3.8) is 0 Å². The van der Waals surface area contributed by atoms with Crippen LogP contribution >= 0.6 is 0 Å². The molecule has 1 N–H and O–H groups in total. The zero-order valence-corrected chi connectivity index (χ0v) is 10.7. The molecule has 0 bridgehead atoms. The Morgan fingerprint density at radius 3 is 3.00 bits per heavy atom. The molecule has 2 rings (SSSR count). The lowest BCUT2D eigenvalue weighted by molar-refractivity contribution is 0.591. The number of hydrogen-bond acceptors (Lipinski definition) is 3. The summed E-state index contributed by atoms with van der Waals surface area (Å²) in [6, 6.07) is 4.97. The molecule has 1 heterocycles. The molecule has 0 radical (unpaired) electrons. The van der Waals surface area contributed by atoms with Crippen LogP contribution in [-0.2, 0) is 6.54 Å². The second-order valence-corrected chi connectivity index (χ2v) is 4.27. The summed E-state index contributed by atoms with van der Waals surface area (Å²) < 4.78 is 15.3. The van der Waals surface area contributed by atoms with Gasteiger partial charge in [0.1, 0.15) is 11.5 Å². The molecular weight excluding hydrogens is 231 g/mol. The highest BCUT2D eigenvalue weighted by Crippen LogP contribution is 2.15. The van der Waals surface area contributed by atoms with Gasteiger partial charge in [0.05, 0.1) is 11.9 Å². The van der Waals surface area contributed by atoms with Crippen LogP contribution in [0.15, 0.2) is 24.4 Å². The molecule has 0 saturated heterocycles. The van der Waals surface area contributed by atoms with E-state index >= 15 is 0 Å². The summed E-state index contributed by atoms with van der Waals surface area (Å²) in [5.41, 5.74) is 2.29. The van der Waals surface area contributed by atoms with Gasteiger partial charge in [-0.25, -0.2) is 9.07 Å². The van der Waals surface area contributed by atoms with E-state index in [1.165, 1.54) is 6.07 Å². The first-order valence-electron chi connectivity index (χ1n) is 6.09. The van der Waals surface area contributed by atoms with Crippen LogP contribution < -0.4 is 5.32 Å². The highest BCUT2D eigenvalue weighted by Gasteiger charge is 2.10. The van der Waals surface area contributed by atoms with Crippen LogP contribution in [0.1, 0.15) is 24.6 Å². The summed E-state index contributed by atoms with van der Waals surface area (Å²) in [7, 11) is 0. The van der Waals surface area contributed by atoms with Crippen molar-refractivity contribution in [2.45, 2.75) is 26.8 Å². The van der Waals surface area contributed by atoms with E-state index in [0.29, 0.717) is 12.2 Å². The van der Waals surface area contributed by atoms with Crippen molar-refractivity contribution in [3.8, 4) is 5.69 Å². The van der Waals surface area contributed by atoms with Crippen molar-refractivity contribution in [2.24, 2.45) is 0 Å². The van der Waals surface area contributed by atoms with Crippen LogP contribution in [0.4, 0.5) is 4.39 Å². The number of aromatic nitrogens is 3. The van der Waals surface area contributed by atoms with E-state index in [4.69, 9.17) is 0 Å². The Hall–Kier alpha value is -1.75. The van der Waals surface area contributed by atoms with Gasteiger partial charge in [-0.2, -0.15) is 0 Å². The number of hydrogen-bond donors (Lipinski definition) is 1. The normalized spacial score (nSPS) is 10.8. The second kappa shape index (κ2) is 5.73. The quantitative estimate of drug-likeness (QED) is 0.825. The van der Waals surface area contributed by atoms with Crippen molar-refractivity contribution in [3.05, 3.63) is 41.5 Å². The predicted molar refractivity (Wildman–Crippen MR) is 68.1 cm³/mol. The van der Waals surface area contributed by atoms with Gasteiger partial charge in [0.15, 0.2) is 0 Å². The molecule has 0 spiro atoms. The minimum atomic E-state index is -0.289. The maximum absolute atomic E-state index is 13.8. The Balaban J connectivity index is 2.27. The van der Waals surface area contributed by atoms with Gasteiger partial charge in [0, 0.05) is 6.54 Å². The summed E-state index contributed by atoms with van der Waals surface area (Å²) in [4.78, 5) is 0. The van der Waals surface area contributed by atoms with E-state index < -0.39 is 0 Å². The number of nitrogens with one attached hydrogen (secondary N) is 1. The standard InChI is InChI=1S/C13H17FN4/c1-3-6-15-8-11-9-16-17-18(11)13-7-10(2)4-5-12(13)14/h4-5,7,9,15H,3,6,8H2,1-2H3. The Bertz CT molecular complexity index is 521. The number of benzene rings is 1. The largest absolute Gasteiger partial charge is 0.311 e. The van der Waals surface area contributed by atoms with Crippen LogP contribution in [0.25, 0.3) is 5.69 Å². The van der Waals surface area contributed by atoms with Gasteiger partial charge < -0.3 is 5.32 Å². The van der Waals surface area contributed by atoms with Crippen LogP contribution in [0.2, 0.25) is 0 Å². The maximum atomic E-state index is 13.8. The summed E-state index contributed by atoms with van der Waals surface area (Å²) in [5, 5.41) is 11.1. The molecule has 0 fully saturated rings. The smallest absolute Gasteiger partial charge is 0.148 e. The fourth-order valence-corrected chi connectivity index (χ4v) is 1.76. The molecule has 0 saturated carbocycles. The molecule has 0 atom stereocenters.